The van der Waals surface area contributed by atoms with E-state index in [0.29, 0.717) is 19.0 Å². The number of aryl methyl sites for hydroxylation is 2. The first-order valence-corrected chi connectivity index (χ1v) is 5.48. The van der Waals surface area contributed by atoms with Gasteiger partial charge in [-0.2, -0.15) is 5.10 Å². The Morgan fingerprint density at radius 3 is 2.67 bits per heavy atom. The predicted octanol–water partition coefficient (Wildman–Crippen LogP) is 0.600. The van der Waals surface area contributed by atoms with Gasteiger partial charge < -0.3 is 10.8 Å². The van der Waals surface area contributed by atoms with Crippen LogP contribution in [0.3, 0.4) is 0 Å². The summed E-state index contributed by atoms with van der Waals surface area (Å²) in [5.74, 6) is 0.367. The fraction of sp³-hybridized carbons (Fsp3) is 0.727. The largest absolute Gasteiger partial charge is 0.386 e. The lowest BCUT2D eigenvalue weighted by atomic mass is 9.98. The van der Waals surface area contributed by atoms with Gasteiger partial charge in [0.15, 0.2) is 0 Å². The topological polar surface area (TPSA) is 64.1 Å². The molecule has 0 bridgehead atoms. The lowest BCUT2D eigenvalue weighted by Crippen LogP contribution is -2.44. The Bertz CT molecular complexity index is 357. The van der Waals surface area contributed by atoms with E-state index in [0.717, 1.165) is 24.2 Å². The highest BCUT2D eigenvalue weighted by molar-refractivity contribution is 5.08. The van der Waals surface area contributed by atoms with E-state index in [-0.39, 0.29) is 0 Å². The minimum Gasteiger partial charge on any atom is -0.386 e. The molecule has 3 N–H and O–H groups in total. The van der Waals surface area contributed by atoms with Gasteiger partial charge in [0, 0.05) is 12.2 Å². The zero-order valence-corrected chi connectivity index (χ0v) is 9.40. The Morgan fingerprint density at radius 1 is 1.60 bits per heavy atom. The lowest BCUT2D eigenvalue weighted by molar-refractivity contribution is 0.00567. The number of nitrogens with two attached hydrogens (primary N) is 1. The molecule has 4 nitrogen and oxygen atoms in total. The standard InChI is InChI=1S/C11H19N3O/c1-8-5-9(2)14(13-8)7-11(15,6-12)10-3-4-10/h5,10,15H,3-4,6-7,12H2,1-2H3. The average Bonchev–Trinajstić information content (AvgIpc) is 2.96. The van der Waals surface area contributed by atoms with Gasteiger partial charge in [-0.1, -0.05) is 0 Å². The van der Waals surface area contributed by atoms with Gasteiger partial charge in [-0.3, -0.25) is 4.68 Å². The van der Waals surface area contributed by atoms with Crippen molar-refractivity contribution in [1.82, 2.24) is 9.78 Å². The van der Waals surface area contributed by atoms with Crippen molar-refractivity contribution in [2.24, 2.45) is 11.7 Å². The number of aromatic nitrogens is 2. The van der Waals surface area contributed by atoms with Crippen molar-refractivity contribution < 1.29 is 5.11 Å². The molecule has 84 valence electrons. The maximum Gasteiger partial charge on any atom is 0.0992 e. The molecule has 4 heteroatoms. The number of hydrogen-bond acceptors (Lipinski definition) is 3. The lowest BCUT2D eigenvalue weighted by Gasteiger charge is -2.26. The zero-order chi connectivity index (χ0) is 11.1. The molecule has 15 heavy (non-hydrogen) atoms. The third-order valence-corrected chi connectivity index (χ3v) is 3.22. The second-order valence-corrected chi connectivity index (χ2v) is 4.67. The van der Waals surface area contributed by atoms with Crippen molar-refractivity contribution in [2.75, 3.05) is 6.54 Å². The van der Waals surface area contributed by atoms with Crippen molar-refractivity contribution in [3.8, 4) is 0 Å². The minimum atomic E-state index is -0.761. The van der Waals surface area contributed by atoms with E-state index in [2.05, 4.69) is 5.10 Å². The molecule has 1 heterocycles. The SMILES string of the molecule is Cc1cc(C)n(CC(O)(CN)C2CC2)n1. The first kappa shape index (κ1) is 10.6. The van der Waals surface area contributed by atoms with Crippen LogP contribution in [0.4, 0.5) is 0 Å². The highest BCUT2D eigenvalue weighted by Crippen LogP contribution is 2.40. The van der Waals surface area contributed by atoms with Crippen LogP contribution >= 0.6 is 0 Å². The van der Waals surface area contributed by atoms with Crippen LogP contribution in [0.5, 0.6) is 0 Å². The van der Waals surface area contributed by atoms with E-state index >= 15 is 0 Å². The molecule has 1 aliphatic carbocycles. The Morgan fingerprint density at radius 2 is 2.27 bits per heavy atom. The van der Waals surface area contributed by atoms with Gasteiger partial charge in [0.05, 0.1) is 17.8 Å². The monoisotopic (exact) mass is 209 g/mol. The summed E-state index contributed by atoms with van der Waals surface area (Å²) in [6.07, 6.45) is 2.18. The molecule has 0 spiro atoms. The summed E-state index contributed by atoms with van der Waals surface area (Å²) in [6.45, 7) is 4.80. The molecular formula is C11H19N3O. The van der Waals surface area contributed by atoms with Crippen LogP contribution in [0.1, 0.15) is 24.2 Å². The van der Waals surface area contributed by atoms with Crippen molar-refractivity contribution in [1.29, 1.82) is 0 Å². The minimum absolute atomic E-state index is 0.315. The summed E-state index contributed by atoms with van der Waals surface area (Å²) >= 11 is 0. The van der Waals surface area contributed by atoms with Gasteiger partial charge in [-0.05, 0) is 38.7 Å². The molecule has 1 atom stereocenters. The van der Waals surface area contributed by atoms with Crippen LogP contribution in [0.25, 0.3) is 0 Å². The number of hydrogen-bond donors (Lipinski definition) is 2. The van der Waals surface area contributed by atoms with Crippen LogP contribution in [0.2, 0.25) is 0 Å². The number of nitrogens with zero attached hydrogens (tertiary/aromatic N) is 2. The third kappa shape index (κ3) is 2.06. The summed E-state index contributed by atoms with van der Waals surface area (Å²) in [6, 6.07) is 2.02. The van der Waals surface area contributed by atoms with E-state index in [4.69, 9.17) is 5.73 Å². The van der Waals surface area contributed by atoms with Gasteiger partial charge >= 0.3 is 0 Å². The molecule has 1 aromatic rings. The zero-order valence-electron chi connectivity index (χ0n) is 9.40. The second kappa shape index (κ2) is 3.61. The van der Waals surface area contributed by atoms with Gasteiger partial charge in [0.1, 0.15) is 0 Å². The summed E-state index contributed by atoms with van der Waals surface area (Å²) in [5, 5.41) is 14.7. The van der Waals surface area contributed by atoms with Crippen molar-refractivity contribution in [2.45, 2.75) is 38.8 Å². The van der Waals surface area contributed by atoms with Crippen LogP contribution < -0.4 is 5.73 Å². The summed E-state index contributed by atoms with van der Waals surface area (Å²) in [5.41, 5.74) is 6.97. The Hall–Kier alpha value is -0.870. The van der Waals surface area contributed by atoms with Crippen LogP contribution in [-0.2, 0) is 6.54 Å². The van der Waals surface area contributed by atoms with Crippen molar-refractivity contribution in [3.05, 3.63) is 17.5 Å². The average molecular weight is 209 g/mol. The molecule has 1 aliphatic rings. The fourth-order valence-corrected chi connectivity index (χ4v) is 2.08. The van der Waals surface area contributed by atoms with Gasteiger partial charge in [0.2, 0.25) is 0 Å². The molecule has 0 radical (unpaired) electrons. The normalized spacial score (nSPS) is 20.3. The quantitative estimate of drug-likeness (QED) is 0.763. The molecule has 1 saturated carbocycles. The molecule has 0 aromatic carbocycles. The number of rotatable bonds is 4. The van der Waals surface area contributed by atoms with E-state index < -0.39 is 5.60 Å². The van der Waals surface area contributed by atoms with E-state index in [1.165, 1.54) is 0 Å². The molecule has 2 rings (SSSR count). The van der Waals surface area contributed by atoms with E-state index in [1.54, 1.807) is 0 Å². The second-order valence-electron chi connectivity index (χ2n) is 4.67. The molecule has 0 aliphatic heterocycles. The van der Waals surface area contributed by atoms with E-state index in [9.17, 15) is 5.11 Å². The molecule has 1 aromatic heterocycles. The molecule has 1 unspecified atom stereocenters. The summed E-state index contributed by atoms with van der Waals surface area (Å²) in [7, 11) is 0. The fourth-order valence-electron chi connectivity index (χ4n) is 2.08. The molecular weight excluding hydrogens is 190 g/mol. The van der Waals surface area contributed by atoms with Crippen LogP contribution in [0, 0.1) is 19.8 Å². The Balaban J connectivity index is 2.15. The summed E-state index contributed by atoms with van der Waals surface area (Å²) in [4.78, 5) is 0. The van der Waals surface area contributed by atoms with Crippen molar-refractivity contribution >= 4 is 0 Å². The first-order valence-electron chi connectivity index (χ1n) is 5.48. The maximum absolute atomic E-state index is 10.4. The van der Waals surface area contributed by atoms with Gasteiger partial charge in [-0.15, -0.1) is 0 Å². The van der Waals surface area contributed by atoms with Crippen LogP contribution in [-0.4, -0.2) is 27.0 Å². The van der Waals surface area contributed by atoms with Gasteiger partial charge in [0.25, 0.3) is 0 Å². The molecule has 0 amide bonds. The molecule has 0 saturated heterocycles. The number of aliphatic hydroxyl groups is 1. The first-order chi connectivity index (χ1) is 7.05. The highest BCUT2D eigenvalue weighted by Gasteiger charge is 2.43. The molecule has 1 fully saturated rings. The van der Waals surface area contributed by atoms with Gasteiger partial charge in [-0.25, -0.2) is 0 Å². The van der Waals surface area contributed by atoms with Crippen LogP contribution in [0.15, 0.2) is 6.07 Å². The third-order valence-electron chi connectivity index (χ3n) is 3.22. The maximum atomic E-state index is 10.4. The smallest absolute Gasteiger partial charge is 0.0992 e. The summed E-state index contributed by atoms with van der Waals surface area (Å²) < 4.78 is 1.86. The van der Waals surface area contributed by atoms with E-state index in [1.807, 2.05) is 24.6 Å². The Kier molecular flexibility index (Phi) is 2.56. The Labute approximate surface area is 90.1 Å². The van der Waals surface area contributed by atoms with Crippen molar-refractivity contribution in [3.63, 3.8) is 0 Å². The highest BCUT2D eigenvalue weighted by atomic mass is 16.3. The predicted molar refractivity (Wildman–Crippen MR) is 58.4 cm³/mol.